The Morgan fingerprint density at radius 1 is 1.03 bits per heavy atom. The van der Waals surface area contributed by atoms with Crippen molar-refractivity contribution in [2.45, 2.75) is 58.0 Å². The van der Waals surface area contributed by atoms with Gasteiger partial charge in [-0.25, -0.2) is 0 Å². The molecule has 0 bridgehead atoms. The third-order valence-electron chi connectivity index (χ3n) is 4.60. The molecule has 0 heterocycles. The Morgan fingerprint density at radius 2 is 1.75 bits per heavy atom. The highest BCUT2D eigenvalue weighted by Gasteiger charge is 2.30. The molecule has 32 heavy (non-hydrogen) atoms. The van der Waals surface area contributed by atoms with Gasteiger partial charge >= 0.3 is 0 Å². The van der Waals surface area contributed by atoms with Gasteiger partial charge in [0, 0.05) is 22.9 Å². The molecule has 0 saturated heterocycles. The van der Waals surface area contributed by atoms with Crippen LogP contribution in [0.1, 0.15) is 45.2 Å². The van der Waals surface area contributed by atoms with Crippen LogP contribution in [0, 0.1) is 0 Å². The lowest BCUT2D eigenvalue weighted by atomic mass is 10.1. The van der Waals surface area contributed by atoms with E-state index in [9.17, 15) is 9.59 Å². The fraction of sp³-hybridized carbons (Fsp3) is 0.417. The molecule has 4 nitrogen and oxygen atoms in total. The number of carbonyl (C=O) groups is 2. The van der Waals surface area contributed by atoms with Crippen LogP contribution >= 0.6 is 46.6 Å². The molecule has 0 fully saturated rings. The predicted octanol–water partition coefficient (Wildman–Crippen LogP) is 6.60. The molecule has 0 aliphatic carbocycles. The summed E-state index contributed by atoms with van der Waals surface area (Å²) in [5, 5.41) is 4.53. The quantitative estimate of drug-likeness (QED) is 0.409. The first-order valence-corrected chi connectivity index (χ1v) is 12.7. The summed E-state index contributed by atoms with van der Waals surface area (Å²) in [7, 11) is 0. The van der Waals surface area contributed by atoms with Gasteiger partial charge in [-0.2, -0.15) is 0 Å². The molecule has 1 atom stereocenters. The van der Waals surface area contributed by atoms with Crippen LogP contribution in [0.2, 0.25) is 15.1 Å². The van der Waals surface area contributed by atoms with Gasteiger partial charge in [0.15, 0.2) is 0 Å². The molecule has 0 aliphatic rings. The minimum atomic E-state index is -0.594. The molecule has 2 aromatic rings. The molecule has 2 aromatic carbocycles. The number of hydrogen-bond acceptors (Lipinski definition) is 3. The topological polar surface area (TPSA) is 49.4 Å². The van der Waals surface area contributed by atoms with Crippen LogP contribution in [0.3, 0.4) is 0 Å². The van der Waals surface area contributed by atoms with E-state index in [-0.39, 0.29) is 24.1 Å². The smallest absolute Gasteiger partial charge is 0.243 e. The molecular weight excluding hydrogens is 487 g/mol. The van der Waals surface area contributed by atoms with Gasteiger partial charge in [-0.1, -0.05) is 59.9 Å². The van der Waals surface area contributed by atoms with Gasteiger partial charge in [-0.05, 0) is 62.6 Å². The number of rotatable bonds is 9. The summed E-state index contributed by atoms with van der Waals surface area (Å²) in [5.41, 5.74) is 1.46. The second-order valence-corrected chi connectivity index (χ2v) is 10.8. The van der Waals surface area contributed by atoms with E-state index in [1.54, 1.807) is 17.0 Å². The normalized spacial score (nSPS) is 12.3. The standard InChI is InChI=1S/C24H29Cl3N2O2S/c1-5-21(23(31)28-24(2,3)4)29(13-16-9-10-19(26)20(27)12-16)22(30)15-32-14-17-7-6-8-18(25)11-17/h6-12,21H,5,13-15H2,1-4H3,(H,28,31)/t21-/m0/s1. The Bertz CT molecular complexity index is 947. The Hall–Kier alpha value is -1.40. The summed E-state index contributed by atoms with van der Waals surface area (Å²) in [6.07, 6.45) is 0.494. The molecule has 0 unspecified atom stereocenters. The van der Waals surface area contributed by atoms with Crippen LogP contribution in [-0.2, 0) is 21.9 Å². The number of thioether (sulfide) groups is 1. The lowest BCUT2D eigenvalue weighted by Crippen LogP contribution is -2.53. The van der Waals surface area contributed by atoms with Crippen LogP contribution < -0.4 is 5.32 Å². The molecule has 0 radical (unpaired) electrons. The van der Waals surface area contributed by atoms with E-state index in [1.165, 1.54) is 11.8 Å². The van der Waals surface area contributed by atoms with Gasteiger partial charge in [-0.3, -0.25) is 9.59 Å². The summed E-state index contributed by atoms with van der Waals surface area (Å²) >= 11 is 19.8. The Balaban J connectivity index is 2.19. The zero-order valence-corrected chi connectivity index (χ0v) is 21.8. The highest BCUT2D eigenvalue weighted by molar-refractivity contribution is 7.99. The highest BCUT2D eigenvalue weighted by atomic mass is 35.5. The molecule has 174 valence electrons. The zero-order valence-electron chi connectivity index (χ0n) is 18.8. The van der Waals surface area contributed by atoms with E-state index in [0.717, 1.165) is 11.1 Å². The Morgan fingerprint density at radius 3 is 2.34 bits per heavy atom. The molecule has 8 heteroatoms. The van der Waals surface area contributed by atoms with Gasteiger partial charge in [0.25, 0.3) is 0 Å². The number of carbonyl (C=O) groups excluding carboxylic acids is 2. The first-order chi connectivity index (χ1) is 15.0. The third-order valence-corrected chi connectivity index (χ3v) is 6.57. The van der Waals surface area contributed by atoms with Crippen molar-refractivity contribution >= 4 is 58.4 Å². The largest absolute Gasteiger partial charge is 0.350 e. The van der Waals surface area contributed by atoms with E-state index < -0.39 is 11.6 Å². The van der Waals surface area contributed by atoms with Crippen molar-refractivity contribution in [2.24, 2.45) is 0 Å². The van der Waals surface area contributed by atoms with Crippen LogP contribution in [0.5, 0.6) is 0 Å². The van der Waals surface area contributed by atoms with Crippen molar-refractivity contribution in [3.8, 4) is 0 Å². The first kappa shape index (κ1) is 26.8. The van der Waals surface area contributed by atoms with Crippen LogP contribution in [0.15, 0.2) is 42.5 Å². The number of nitrogens with one attached hydrogen (secondary N) is 1. The van der Waals surface area contributed by atoms with E-state index in [1.807, 2.05) is 58.0 Å². The number of halogens is 3. The highest BCUT2D eigenvalue weighted by Crippen LogP contribution is 2.25. The predicted molar refractivity (Wildman–Crippen MR) is 137 cm³/mol. The molecule has 0 spiro atoms. The fourth-order valence-electron chi connectivity index (χ4n) is 3.17. The Labute approximate surface area is 210 Å². The summed E-state index contributed by atoms with van der Waals surface area (Å²) in [6.45, 7) is 7.93. The molecule has 2 rings (SSSR count). The third kappa shape index (κ3) is 8.51. The van der Waals surface area contributed by atoms with E-state index in [0.29, 0.717) is 27.2 Å². The van der Waals surface area contributed by atoms with Gasteiger partial charge < -0.3 is 10.2 Å². The maximum Gasteiger partial charge on any atom is 0.243 e. The molecule has 2 amide bonds. The number of amides is 2. The number of benzene rings is 2. The summed E-state index contributed by atoms with van der Waals surface area (Å²) in [5.74, 6) is 0.609. The number of nitrogens with zero attached hydrogens (tertiary/aromatic N) is 1. The van der Waals surface area contributed by atoms with E-state index in [2.05, 4.69) is 5.32 Å². The molecule has 0 aromatic heterocycles. The maximum absolute atomic E-state index is 13.3. The van der Waals surface area contributed by atoms with Crippen molar-refractivity contribution in [2.75, 3.05) is 5.75 Å². The lowest BCUT2D eigenvalue weighted by molar-refractivity contribution is -0.140. The number of hydrogen-bond donors (Lipinski definition) is 1. The molecule has 0 saturated carbocycles. The second kappa shape index (κ2) is 12.2. The molecule has 0 aliphatic heterocycles. The van der Waals surface area contributed by atoms with Gasteiger partial charge in [0.05, 0.1) is 15.8 Å². The van der Waals surface area contributed by atoms with Crippen LogP contribution in [-0.4, -0.2) is 34.0 Å². The average Bonchev–Trinajstić information content (AvgIpc) is 2.69. The zero-order chi connectivity index (χ0) is 23.9. The van der Waals surface area contributed by atoms with Crippen molar-refractivity contribution in [1.82, 2.24) is 10.2 Å². The lowest BCUT2D eigenvalue weighted by Gasteiger charge is -2.33. The van der Waals surface area contributed by atoms with Gasteiger partial charge in [0.2, 0.25) is 11.8 Å². The van der Waals surface area contributed by atoms with Crippen molar-refractivity contribution in [1.29, 1.82) is 0 Å². The fourth-order valence-corrected chi connectivity index (χ4v) is 4.56. The average molecular weight is 516 g/mol. The second-order valence-electron chi connectivity index (χ2n) is 8.56. The maximum atomic E-state index is 13.3. The van der Waals surface area contributed by atoms with Gasteiger partial charge in [0.1, 0.15) is 6.04 Å². The summed E-state index contributed by atoms with van der Waals surface area (Å²) in [4.78, 5) is 27.9. The van der Waals surface area contributed by atoms with E-state index >= 15 is 0 Å². The minimum Gasteiger partial charge on any atom is -0.350 e. The summed E-state index contributed by atoms with van der Waals surface area (Å²) in [6, 6.07) is 12.2. The molecular formula is C24H29Cl3N2O2S. The van der Waals surface area contributed by atoms with Gasteiger partial charge in [-0.15, -0.1) is 11.8 Å². The SMILES string of the molecule is CC[C@@H](C(=O)NC(C)(C)C)N(Cc1ccc(Cl)c(Cl)c1)C(=O)CSCc1cccc(Cl)c1. The Kier molecular flexibility index (Phi) is 10.2. The minimum absolute atomic E-state index is 0.112. The summed E-state index contributed by atoms with van der Waals surface area (Å²) < 4.78 is 0. The van der Waals surface area contributed by atoms with Crippen LogP contribution in [0.4, 0.5) is 0 Å². The van der Waals surface area contributed by atoms with Crippen molar-refractivity contribution in [3.63, 3.8) is 0 Å². The first-order valence-electron chi connectivity index (χ1n) is 10.4. The molecule has 1 N–H and O–H groups in total. The van der Waals surface area contributed by atoms with Crippen LogP contribution in [0.25, 0.3) is 0 Å². The monoisotopic (exact) mass is 514 g/mol. The van der Waals surface area contributed by atoms with Crippen molar-refractivity contribution < 1.29 is 9.59 Å². The van der Waals surface area contributed by atoms with Crippen molar-refractivity contribution in [3.05, 3.63) is 68.7 Å². The van der Waals surface area contributed by atoms with E-state index in [4.69, 9.17) is 34.8 Å².